The number of nitrogens with zero attached hydrogens (tertiary/aromatic N) is 4. The number of hydrogen-bond acceptors (Lipinski definition) is 6. The van der Waals surface area contributed by atoms with E-state index < -0.39 is 23.9 Å². The Hall–Kier alpha value is -4.18. The molecule has 2 N–H and O–H groups in total. The number of guanidine groups is 1. The number of amides is 2. The van der Waals surface area contributed by atoms with Crippen LogP contribution in [0.4, 0.5) is 9.18 Å². The molecule has 37 heavy (non-hydrogen) atoms. The van der Waals surface area contributed by atoms with Crippen LogP contribution in [-0.4, -0.2) is 67.6 Å². The summed E-state index contributed by atoms with van der Waals surface area (Å²) < 4.78 is 25.4. The Morgan fingerprint density at radius 3 is 2.51 bits per heavy atom. The topological polar surface area (TPSA) is 110 Å². The minimum atomic E-state index is -0.985. The molecule has 0 unspecified atom stereocenters. The molecule has 194 valence electrons. The fraction of sp³-hybridized carbons (Fsp3) is 0.231. The van der Waals surface area contributed by atoms with Crippen molar-refractivity contribution in [1.82, 2.24) is 14.8 Å². The van der Waals surface area contributed by atoms with E-state index in [9.17, 15) is 14.0 Å². The quantitative estimate of drug-likeness (QED) is 0.361. The summed E-state index contributed by atoms with van der Waals surface area (Å²) in [4.78, 5) is 36.6. The van der Waals surface area contributed by atoms with Crippen LogP contribution in [0.3, 0.4) is 0 Å². The average Bonchev–Trinajstić information content (AvgIpc) is 2.90. The highest BCUT2D eigenvalue weighted by atomic mass is 35.5. The third-order valence-corrected chi connectivity index (χ3v) is 5.79. The van der Waals surface area contributed by atoms with E-state index in [0.717, 1.165) is 11.0 Å². The van der Waals surface area contributed by atoms with Crippen LogP contribution in [0, 0.1) is 5.82 Å². The second-order valence-electron chi connectivity index (χ2n) is 8.04. The molecule has 0 radical (unpaired) electrons. The molecule has 0 saturated carbocycles. The van der Waals surface area contributed by atoms with E-state index in [4.69, 9.17) is 26.8 Å². The first-order chi connectivity index (χ1) is 17.7. The fourth-order valence-corrected chi connectivity index (χ4v) is 3.72. The van der Waals surface area contributed by atoms with Crippen LogP contribution in [-0.2, 0) is 4.74 Å². The van der Waals surface area contributed by atoms with Crippen molar-refractivity contribution in [1.29, 1.82) is 0 Å². The molecule has 2 aromatic carbocycles. The molecule has 2 amide bonds. The smallest absolute Gasteiger partial charge is 0.409 e. The van der Waals surface area contributed by atoms with Gasteiger partial charge in [-0.2, -0.15) is 0 Å². The predicted molar refractivity (Wildman–Crippen MR) is 139 cm³/mol. The summed E-state index contributed by atoms with van der Waals surface area (Å²) in [7, 11) is 5.83. The van der Waals surface area contributed by atoms with E-state index in [1.54, 1.807) is 36.5 Å². The van der Waals surface area contributed by atoms with E-state index in [1.165, 1.54) is 45.3 Å². The predicted octanol–water partition coefficient (Wildman–Crippen LogP) is 4.38. The lowest BCUT2D eigenvalue weighted by molar-refractivity contribution is 0.0656. The van der Waals surface area contributed by atoms with Gasteiger partial charge in [0.25, 0.3) is 5.91 Å². The first-order valence-corrected chi connectivity index (χ1v) is 11.5. The number of aromatic nitrogens is 1. The van der Waals surface area contributed by atoms with Crippen LogP contribution in [0.5, 0.6) is 5.75 Å². The number of carbonyl (C=O) groups excluding carboxylic acids is 2. The summed E-state index contributed by atoms with van der Waals surface area (Å²) in [6.45, 7) is -0.306. The van der Waals surface area contributed by atoms with Crippen LogP contribution in [0.25, 0.3) is 11.3 Å². The van der Waals surface area contributed by atoms with Crippen molar-refractivity contribution in [3.63, 3.8) is 0 Å². The van der Waals surface area contributed by atoms with Gasteiger partial charge in [-0.15, -0.1) is 0 Å². The van der Waals surface area contributed by atoms with Gasteiger partial charge < -0.3 is 20.1 Å². The third-order valence-electron chi connectivity index (χ3n) is 5.46. The summed E-state index contributed by atoms with van der Waals surface area (Å²) in [5.41, 5.74) is 7.57. The number of benzene rings is 2. The van der Waals surface area contributed by atoms with E-state index in [-0.39, 0.29) is 23.9 Å². The third kappa shape index (κ3) is 6.34. The maximum absolute atomic E-state index is 14.9. The first-order valence-electron chi connectivity index (χ1n) is 11.1. The van der Waals surface area contributed by atoms with Gasteiger partial charge in [0.05, 0.1) is 24.4 Å². The number of halogens is 2. The highest BCUT2D eigenvalue weighted by molar-refractivity contribution is 6.33. The highest BCUT2D eigenvalue weighted by Gasteiger charge is 2.32. The molecule has 1 aromatic heterocycles. The van der Waals surface area contributed by atoms with Crippen molar-refractivity contribution < 1.29 is 23.5 Å². The Bertz CT molecular complexity index is 1300. The second kappa shape index (κ2) is 12.2. The number of hydrogen-bond donors (Lipinski definition) is 1. The number of ether oxygens (including phenoxy) is 2. The minimum absolute atomic E-state index is 0.208. The molecule has 0 aliphatic rings. The molecular weight excluding hydrogens is 501 g/mol. The fourth-order valence-electron chi connectivity index (χ4n) is 3.51. The average molecular weight is 528 g/mol. The van der Waals surface area contributed by atoms with Crippen LogP contribution in [0.15, 0.2) is 65.8 Å². The lowest BCUT2D eigenvalue weighted by Gasteiger charge is -2.31. The van der Waals surface area contributed by atoms with Crippen LogP contribution in [0.1, 0.15) is 22.0 Å². The summed E-state index contributed by atoms with van der Waals surface area (Å²) in [6, 6.07) is 13.2. The molecule has 3 aromatic rings. The second-order valence-corrected chi connectivity index (χ2v) is 8.45. The van der Waals surface area contributed by atoms with E-state index in [0.29, 0.717) is 21.8 Å². The van der Waals surface area contributed by atoms with Gasteiger partial charge in [0.2, 0.25) is 0 Å². The Morgan fingerprint density at radius 1 is 1.16 bits per heavy atom. The van der Waals surface area contributed by atoms with Gasteiger partial charge in [0, 0.05) is 44.0 Å². The number of rotatable bonds is 7. The zero-order chi connectivity index (χ0) is 27.1. The van der Waals surface area contributed by atoms with Gasteiger partial charge in [0.15, 0.2) is 5.96 Å². The number of aliphatic imine (C=N–C) groups is 1. The Labute approximate surface area is 219 Å². The Kier molecular flexibility index (Phi) is 9.02. The van der Waals surface area contributed by atoms with E-state index >= 15 is 0 Å². The first kappa shape index (κ1) is 27.4. The summed E-state index contributed by atoms with van der Waals surface area (Å²) in [6.07, 6.45) is 0.984. The SMILES string of the molecule is CN=C(N)N(C(=O)c1ccc(OC)cc1F)[C@H](COC(=O)N(C)C)c1ccc(Cl)c(-c2ccccn2)c1. The van der Waals surface area contributed by atoms with Gasteiger partial charge in [0.1, 0.15) is 18.2 Å². The Balaban J connectivity index is 2.15. The summed E-state index contributed by atoms with van der Waals surface area (Å²) in [5.74, 6) is -1.57. The van der Waals surface area contributed by atoms with Gasteiger partial charge >= 0.3 is 6.09 Å². The maximum Gasteiger partial charge on any atom is 0.409 e. The lowest BCUT2D eigenvalue weighted by Crippen LogP contribution is -2.46. The molecule has 0 saturated heterocycles. The van der Waals surface area contributed by atoms with Crippen molar-refractivity contribution in [2.75, 3.05) is 34.9 Å². The van der Waals surface area contributed by atoms with Gasteiger partial charge in [-0.25, -0.2) is 9.18 Å². The maximum atomic E-state index is 14.9. The van der Waals surface area contributed by atoms with Crippen LogP contribution >= 0.6 is 11.6 Å². The highest BCUT2D eigenvalue weighted by Crippen LogP contribution is 2.33. The van der Waals surface area contributed by atoms with Crippen molar-refractivity contribution in [2.45, 2.75) is 6.04 Å². The number of carbonyl (C=O) groups is 2. The van der Waals surface area contributed by atoms with Crippen molar-refractivity contribution in [3.8, 4) is 17.0 Å². The molecule has 3 rings (SSSR count). The van der Waals surface area contributed by atoms with E-state index in [2.05, 4.69) is 9.98 Å². The van der Waals surface area contributed by atoms with Gasteiger partial charge in [-0.05, 0) is 42.0 Å². The molecule has 0 spiro atoms. The minimum Gasteiger partial charge on any atom is -0.497 e. The molecule has 1 atom stereocenters. The monoisotopic (exact) mass is 527 g/mol. The lowest BCUT2D eigenvalue weighted by atomic mass is 10.00. The molecule has 0 bridgehead atoms. The molecule has 0 aliphatic heterocycles. The number of nitrogens with two attached hydrogens (primary N) is 1. The van der Waals surface area contributed by atoms with Crippen molar-refractivity contribution in [3.05, 3.63) is 82.8 Å². The van der Waals surface area contributed by atoms with Gasteiger partial charge in [-0.3, -0.25) is 19.7 Å². The molecule has 0 aliphatic carbocycles. The van der Waals surface area contributed by atoms with Crippen LogP contribution < -0.4 is 10.5 Å². The number of pyridine rings is 1. The molecule has 0 fully saturated rings. The molecule has 11 heteroatoms. The van der Waals surface area contributed by atoms with E-state index in [1.807, 2.05) is 6.07 Å². The summed E-state index contributed by atoms with van der Waals surface area (Å²) >= 11 is 6.46. The summed E-state index contributed by atoms with van der Waals surface area (Å²) in [5, 5.41) is 0.419. The zero-order valence-corrected chi connectivity index (χ0v) is 21.6. The van der Waals surface area contributed by atoms with Gasteiger partial charge in [-0.1, -0.05) is 23.7 Å². The Morgan fingerprint density at radius 2 is 1.92 bits per heavy atom. The number of methoxy groups -OCH3 is 1. The molecular formula is C26H27ClFN5O4. The zero-order valence-electron chi connectivity index (χ0n) is 20.8. The standard InChI is InChI=1S/C26H27ClFN5O4/c1-30-25(29)33(24(34)18-10-9-17(36-4)14-21(18)28)23(15-37-26(35)32(2)3)16-8-11-20(27)19(13-16)22-7-5-6-12-31-22/h5-14,23H,15H2,1-4H3,(H2,29,30)/t23-/m1/s1. The largest absolute Gasteiger partial charge is 0.497 e. The normalized spacial score (nSPS) is 12.0. The van der Waals surface area contributed by atoms with Crippen molar-refractivity contribution >= 4 is 29.6 Å². The molecule has 9 nitrogen and oxygen atoms in total. The molecule has 1 heterocycles. The van der Waals surface area contributed by atoms with Crippen LogP contribution in [0.2, 0.25) is 5.02 Å². The van der Waals surface area contributed by atoms with Crippen molar-refractivity contribution in [2.24, 2.45) is 10.7 Å².